The molecule has 1 spiro atoms. The zero-order valence-electron chi connectivity index (χ0n) is 44.0. The number of aliphatic hydroxyl groups excluding tert-OH is 5. The van der Waals surface area contributed by atoms with E-state index in [0.717, 1.165) is 16.7 Å². The van der Waals surface area contributed by atoms with Crippen LogP contribution in [0.2, 0.25) is 0 Å². The molecule has 2 saturated heterocycles. The summed E-state index contributed by atoms with van der Waals surface area (Å²) < 4.78 is 48.3. The molecule has 3 rings (SSSR count). The number of nitrogens with one attached hydrogen (secondary N) is 1. The van der Waals surface area contributed by atoms with Crippen molar-refractivity contribution in [3.8, 4) is 6.07 Å². The first-order valence-electron chi connectivity index (χ1n) is 24.2. The van der Waals surface area contributed by atoms with Crippen LogP contribution < -0.4 is 5.32 Å². The topological polar surface area (TPSA) is 287 Å². The second kappa shape index (κ2) is 27.2. The lowest BCUT2D eigenvalue weighted by atomic mass is 9.72. The molecule has 0 saturated carbocycles. The second-order valence-corrected chi connectivity index (χ2v) is 21.6. The second-order valence-electron chi connectivity index (χ2n) is 20.4. The van der Waals surface area contributed by atoms with E-state index in [0.29, 0.717) is 18.0 Å². The van der Waals surface area contributed by atoms with Gasteiger partial charge in [0.1, 0.15) is 30.3 Å². The molecule has 2 fully saturated rings. The molecule has 402 valence electrons. The van der Waals surface area contributed by atoms with Gasteiger partial charge in [0, 0.05) is 68.3 Å². The van der Waals surface area contributed by atoms with Crippen LogP contribution in [0, 0.1) is 34.5 Å². The van der Waals surface area contributed by atoms with Gasteiger partial charge in [-0.25, -0.2) is 9.55 Å². The summed E-state index contributed by atoms with van der Waals surface area (Å²) in [6.45, 7) is 18.2. The molecule has 19 nitrogen and oxygen atoms in total. The van der Waals surface area contributed by atoms with Crippen molar-refractivity contribution in [1.29, 1.82) is 5.26 Å². The molecule has 1 amide bonds. The number of nitriles is 1. The predicted molar refractivity (Wildman–Crippen MR) is 267 cm³/mol. The number of aromatic nitrogens is 1. The fourth-order valence-corrected chi connectivity index (χ4v) is 10.0. The largest absolute Gasteiger partial charge is 0.469 e. The van der Waals surface area contributed by atoms with Crippen molar-refractivity contribution in [2.24, 2.45) is 23.2 Å². The van der Waals surface area contributed by atoms with Crippen molar-refractivity contribution in [2.75, 3.05) is 34.9 Å². The summed E-state index contributed by atoms with van der Waals surface area (Å²) in [4.78, 5) is 39.5. The number of hydrogen-bond donors (Lipinski definition) is 8. The van der Waals surface area contributed by atoms with Gasteiger partial charge in [0.25, 0.3) is 5.91 Å². The number of amides is 1. The Labute approximate surface area is 420 Å². The fourth-order valence-electron chi connectivity index (χ4n) is 9.34. The van der Waals surface area contributed by atoms with E-state index < -0.39 is 104 Å². The standard InChI is InChI=1S/C51H83N4O15P/c1-29(21-22-52)17-15-18-30(2)31(3)23-32(4)43(58)36(8)39(56)25-42(66-14)46-47(70-71(62,63)64)50(9,10)51(69-46)26-40(57)35(7)41(68-51)20-16-19-37-27-67-49(54-37)33(5)24-34(6)53-48(61)45(60)44(59)38(28-65-13)55(11)12/h15-19,21,23,27,32-36,38-47,56-60H,20,24-26,28H2,1-14H3,(H,53,61)(H2,62,63,64)/b17-15+,19-16+,29-21+,30-18+,31-23+/t32-,33+,34-,35+,36+,38+,39+,40-,41+,42+,43-,44+,45+,46-,47+,51?/m0/s1. The van der Waals surface area contributed by atoms with E-state index in [1.807, 2.05) is 78.0 Å². The quantitative estimate of drug-likeness (QED) is 0.0341. The van der Waals surface area contributed by atoms with Crippen molar-refractivity contribution >= 4 is 19.8 Å². The average molecular weight is 1020 g/mol. The number of phosphoric ester groups is 1. The number of allylic oxidation sites excluding steroid dienone is 7. The van der Waals surface area contributed by atoms with Crippen LogP contribution in [0.4, 0.5) is 0 Å². The Bertz CT molecular complexity index is 2110. The Kier molecular flexibility index (Phi) is 23.7. The van der Waals surface area contributed by atoms with Gasteiger partial charge in [0.15, 0.2) is 17.8 Å². The molecule has 1 aromatic rings. The Balaban J connectivity index is 1.76. The highest BCUT2D eigenvalue weighted by atomic mass is 31.2. The summed E-state index contributed by atoms with van der Waals surface area (Å²) in [6, 6.07) is 0.980. The number of rotatable bonds is 26. The monoisotopic (exact) mass is 1020 g/mol. The Morgan fingerprint density at radius 3 is 2.31 bits per heavy atom. The highest BCUT2D eigenvalue weighted by molar-refractivity contribution is 7.46. The molecule has 0 radical (unpaired) electrons. The van der Waals surface area contributed by atoms with Crippen molar-refractivity contribution in [3.63, 3.8) is 0 Å². The first-order chi connectivity index (χ1) is 33.0. The van der Waals surface area contributed by atoms with Gasteiger partial charge in [-0.3, -0.25) is 9.32 Å². The van der Waals surface area contributed by atoms with E-state index in [2.05, 4.69) is 10.3 Å². The molecule has 0 bridgehead atoms. The van der Waals surface area contributed by atoms with E-state index in [9.17, 15) is 44.7 Å². The Hall–Kier alpha value is -3.42. The summed E-state index contributed by atoms with van der Waals surface area (Å²) in [5.41, 5.74) is 1.87. The van der Waals surface area contributed by atoms with Crippen molar-refractivity contribution < 1.29 is 72.6 Å². The maximum absolute atomic E-state index is 12.8. The molecule has 8 N–H and O–H groups in total. The van der Waals surface area contributed by atoms with E-state index in [1.54, 1.807) is 52.8 Å². The molecule has 3 heterocycles. The molecule has 16 atom stereocenters. The third-order valence-electron chi connectivity index (χ3n) is 14.2. The van der Waals surface area contributed by atoms with Crippen molar-refractivity contribution in [2.45, 2.75) is 174 Å². The van der Waals surface area contributed by atoms with Gasteiger partial charge < -0.3 is 68.9 Å². The minimum atomic E-state index is -5.16. The van der Waals surface area contributed by atoms with Crippen LogP contribution in [0.15, 0.2) is 63.9 Å². The SMILES string of the molecule is COC[C@H]([C@@H](O)[C@@H](O)C(=O)N[C@@H](C)C[C@@H](C)c1nc(/C=C/C[C@H]2OC3(C[C@H](O)[C@H]2C)O[C@@H]([C@@H](C[C@@H](O)[C@@H](C)[C@@H](O)[C@@H](C)/C=C(C)/C(C)=C/C=C/C(C)=C/C#N)OC)[C@@H](OP(=O)(O)O)C3(C)C)co1)N(C)C. The Morgan fingerprint density at radius 2 is 1.72 bits per heavy atom. The molecule has 1 unspecified atom stereocenters. The third-order valence-corrected chi connectivity index (χ3v) is 14.7. The fraction of sp³-hybridized carbons (Fsp3) is 0.706. The van der Waals surface area contributed by atoms with Gasteiger partial charge in [-0.2, -0.15) is 5.26 Å². The van der Waals surface area contributed by atoms with Crippen LogP contribution in [-0.2, 0) is 32.8 Å². The molecule has 0 aliphatic carbocycles. The zero-order chi connectivity index (χ0) is 53.8. The first kappa shape index (κ1) is 61.9. The highest BCUT2D eigenvalue weighted by Gasteiger charge is 2.68. The number of hydrogen-bond acceptors (Lipinski definition) is 16. The molecule has 20 heteroatoms. The van der Waals surface area contributed by atoms with E-state index in [4.69, 9.17) is 33.2 Å². The van der Waals surface area contributed by atoms with Crippen molar-refractivity contribution in [1.82, 2.24) is 15.2 Å². The predicted octanol–water partition coefficient (Wildman–Crippen LogP) is 5.08. The number of oxazole rings is 1. The molecular weight excluding hydrogens is 940 g/mol. The molecule has 0 aromatic carbocycles. The van der Waals surface area contributed by atoms with E-state index in [-0.39, 0.29) is 37.7 Å². The number of methoxy groups -OCH3 is 2. The number of aliphatic hydroxyl groups is 5. The first-order valence-corrected chi connectivity index (χ1v) is 25.8. The van der Waals surface area contributed by atoms with Crippen LogP contribution >= 0.6 is 7.82 Å². The maximum Gasteiger partial charge on any atom is 0.469 e. The Morgan fingerprint density at radius 1 is 1.06 bits per heavy atom. The number of carbonyl (C=O) groups excluding carboxylic acids is 1. The van der Waals surface area contributed by atoms with Crippen LogP contribution in [-0.4, -0.2) is 159 Å². The number of phosphoric acid groups is 1. The summed E-state index contributed by atoms with van der Waals surface area (Å²) in [6.07, 6.45) is 4.05. The van der Waals surface area contributed by atoms with Crippen molar-refractivity contribution in [3.05, 3.63) is 71.0 Å². The normalized spacial score (nSPS) is 27.8. The van der Waals surface area contributed by atoms with E-state index >= 15 is 0 Å². The third kappa shape index (κ3) is 16.8. The van der Waals surface area contributed by atoms with Gasteiger partial charge in [-0.1, -0.05) is 77.5 Å². The number of likely N-dealkylation sites (N-methyl/N-ethyl adjacent to an activating group) is 1. The van der Waals surface area contributed by atoms with Crippen LogP contribution in [0.25, 0.3) is 6.08 Å². The highest BCUT2D eigenvalue weighted by Crippen LogP contribution is 2.59. The summed E-state index contributed by atoms with van der Waals surface area (Å²) in [5.74, 6) is -3.67. The molecule has 1 aromatic heterocycles. The van der Waals surface area contributed by atoms with Crippen LogP contribution in [0.5, 0.6) is 0 Å². The molecule has 71 heavy (non-hydrogen) atoms. The average Bonchev–Trinajstić information content (AvgIpc) is 3.84. The zero-order valence-corrected chi connectivity index (χ0v) is 44.9. The maximum atomic E-state index is 12.8. The number of nitrogens with zero attached hydrogens (tertiary/aromatic N) is 3. The van der Waals surface area contributed by atoms with Gasteiger partial charge in [0.2, 0.25) is 0 Å². The lowest BCUT2D eigenvalue weighted by molar-refractivity contribution is -0.334. The summed E-state index contributed by atoms with van der Waals surface area (Å²) in [7, 11) is 1.13. The van der Waals surface area contributed by atoms with E-state index in [1.165, 1.54) is 26.6 Å². The molecule has 2 aliphatic heterocycles. The lowest BCUT2D eigenvalue weighted by Gasteiger charge is -2.50. The lowest BCUT2D eigenvalue weighted by Crippen LogP contribution is -2.58. The minimum Gasteiger partial charge on any atom is -0.448 e. The number of ether oxygens (including phenoxy) is 4. The van der Waals surface area contributed by atoms with Crippen LogP contribution in [0.3, 0.4) is 0 Å². The van der Waals surface area contributed by atoms with Gasteiger partial charge in [-0.05, 0) is 71.9 Å². The van der Waals surface area contributed by atoms with Gasteiger partial charge in [-0.15, -0.1) is 0 Å². The summed E-state index contributed by atoms with van der Waals surface area (Å²) >= 11 is 0. The van der Waals surface area contributed by atoms with Gasteiger partial charge >= 0.3 is 7.82 Å². The minimum absolute atomic E-state index is 0.0661. The van der Waals surface area contributed by atoms with Crippen LogP contribution in [0.1, 0.15) is 112 Å². The summed E-state index contributed by atoms with van der Waals surface area (Å²) in [5, 5.41) is 67.4. The molecule has 2 aliphatic rings. The molecular formula is C51H83N4O15P. The smallest absolute Gasteiger partial charge is 0.448 e. The van der Waals surface area contributed by atoms with Gasteiger partial charge in [0.05, 0.1) is 49.2 Å². The number of carbonyl (C=O) groups is 1.